The van der Waals surface area contributed by atoms with Crippen molar-refractivity contribution in [2.24, 2.45) is 0 Å². The average molecular weight is 259 g/mol. The molecular formula is C13H16F3NO. The van der Waals surface area contributed by atoms with Crippen LogP contribution in [0, 0.1) is 0 Å². The summed E-state index contributed by atoms with van der Waals surface area (Å²) in [5.41, 5.74) is 0.666. The Balaban J connectivity index is 2.34. The number of alkyl halides is 3. The van der Waals surface area contributed by atoms with E-state index >= 15 is 0 Å². The molecule has 1 N–H and O–H groups in total. The Hall–Kier alpha value is -1.23. The highest BCUT2D eigenvalue weighted by atomic mass is 19.4. The van der Waals surface area contributed by atoms with E-state index in [4.69, 9.17) is 4.74 Å². The van der Waals surface area contributed by atoms with Crippen molar-refractivity contribution in [3.05, 3.63) is 29.3 Å². The summed E-state index contributed by atoms with van der Waals surface area (Å²) in [5, 5.41) is 2.79. The van der Waals surface area contributed by atoms with Crippen molar-refractivity contribution in [1.82, 2.24) is 0 Å². The van der Waals surface area contributed by atoms with E-state index in [0.29, 0.717) is 18.9 Å². The first-order valence-corrected chi connectivity index (χ1v) is 5.98. The highest BCUT2D eigenvalue weighted by molar-refractivity contribution is 5.50. The van der Waals surface area contributed by atoms with E-state index in [0.717, 1.165) is 24.5 Å². The molecule has 0 unspecified atom stereocenters. The molecule has 1 aliphatic rings. The summed E-state index contributed by atoms with van der Waals surface area (Å²) in [5.74, 6) is 0.160. The van der Waals surface area contributed by atoms with Crippen LogP contribution in [0.2, 0.25) is 0 Å². The zero-order valence-corrected chi connectivity index (χ0v) is 10.2. The van der Waals surface area contributed by atoms with Gasteiger partial charge in [-0.15, -0.1) is 0 Å². The second-order valence-electron chi connectivity index (χ2n) is 4.48. The van der Waals surface area contributed by atoms with Crippen LogP contribution in [0.25, 0.3) is 0 Å². The van der Waals surface area contributed by atoms with Gasteiger partial charge in [0.2, 0.25) is 0 Å². The van der Waals surface area contributed by atoms with Crippen molar-refractivity contribution >= 4 is 5.69 Å². The predicted molar refractivity (Wildman–Crippen MR) is 63.8 cm³/mol. The zero-order valence-electron chi connectivity index (χ0n) is 10.2. The van der Waals surface area contributed by atoms with E-state index in [-0.39, 0.29) is 5.92 Å². The molecule has 1 aromatic rings. The van der Waals surface area contributed by atoms with Gasteiger partial charge in [-0.25, -0.2) is 0 Å². The van der Waals surface area contributed by atoms with Gasteiger partial charge < -0.3 is 10.1 Å². The lowest BCUT2D eigenvalue weighted by molar-refractivity contribution is -0.137. The van der Waals surface area contributed by atoms with Crippen LogP contribution >= 0.6 is 0 Å². The molecule has 0 aliphatic carbocycles. The summed E-state index contributed by atoms with van der Waals surface area (Å²) in [6.45, 7) is 1.24. The van der Waals surface area contributed by atoms with Crippen molar-refractivity contribution in [3.8, 4) is 0 Å². The molecule has 2 rings (SSSR count). The Labute approximate surface area is 104 Å². The van der Waals surface area contributed by atoms with E-state index in [9.17, 15) is 13.2 Å². The van der Waals surface area contributed by atoms with Crippen LogP contribution in [0.5, 0.6) is 0 Å². The Bertz CT molecular complexity index is 411. The number of hydrogen-bond acceptors (Lipinski definition) is 2. The molecule has 0 radical (unpaired) electrons. The van der Waals surface area contributed by atoms with Crippen LogP contribution in [0.4, 0.5) is 18.9 Å². The maximum absolute atomic E-state index is 12.8. The summed E-state index contributed by atoms with van der Waals surface area (Å²) in [4.78, 5) is 0. The van der Waals surface area contributed by atoms with Gasteiger partial charge in [-0.05, 0) is 42.5 Å². The van der Waals surface area contributed by atoms with Crippen molar-refractivity contribution in [2.45, 2.75) is 24.9 Å². The minimum absolute atomic E-state index is 0.160. The molecule has 2 nitrogen and oxygen atoms in total. The van der Waals surface area contributed by atoms with E-state index in [1.165, 1.54) is 6.07 Å². The molecule has 1 saturated heterocycles. The third-order valence-corrected chi connectivity index (χ3v) is 3.26. The first kappa shape index (κ1) is 13.2. The van der Waals surface area contributed by atoms with Crippen LogP contribution in [0.1, 0.15) is 29.9 Å². The molecule has 0 aromatic heterocycles. The number of anilines is 1. The number of halogens is 3. The van der Waals surface area contributed by atoms with Crippen molar-refractivity contribution in [1.29, 1.82) is 0 Å². The van der Waals surface area contributed by atoms with Gasteiger partial charge in [-0.2, -0.15) is 13.2 Å². The lowest BCUT2D eigenvalue weighted by atomic mass is 9.90. The second-order valence-corrected chi connectivity index (χ2v) is 4.48. The molecular weight excluding hydrogens is 243 g/mol. The first-order chi connectivity index (χ1) is 8.50. The summed E-state index contributed by atoms with van der Waals surface area (Å²) in [6, 6.07) is 4.20. The highest BCUT2D eigenvalue weighted by Crippen LogP contribution is 2.36. The quantitative estimate of drug-likeness (QED) is 0.875. The van der Waals surface area contributed by atoms with Crippen molar-refractivity contribution < 1.29 is 17.9 Å². The summed E-state index contributed by atoms with van der Waals surface area (Å²) in [7, 11) is 1.63. The molecule has 18 heavy (non-hydrogen) atoms. The van der Waals surface area contributed by atoms with Gasteiger partial charge in [-0.3, -0.25) is 0 Å². The van der Waals surface area contributed by atoms with E-state index in [2.05, 4.69) is 5.32 Å². The Morgan fingerprint density at radius 1 is 1.17 bits per heavy atom. The maximum Gasteiger partial charge on any atom is 0.416 e. The third kappa shape index (κ3) is 2.96. The Morgan fingerprint density at radius 2 is 1.83 bits per heavy atom. The van der Waals surface area contributed by atoms with Gasteiger partial charge in [0, 0.05) is 25.9 Å². The van der Waals surface area contributed by atoms with Gasteiger partial charge in [0.25, 0.3) is 0 Å². The maximum atomic E-state index is 12.8. The Kier molecular flexibility index (Phi) is 3.80. The first-order valence-electron chi connectivity index (χ1n) is 5.98. The minimum Gasteiger partial charge on any atom is -0.388 e. The normalized spacial score (nSPS) is 17.8. The van der Waals surface area contributed by atoms with Crippen molar-refractivity contribution in [3.63, 3.8) is 0 Å². The third-order valence-electron chi connectivity index (χ3n) is 3.26. The SMILES string of the molecule is CNc1cc(C2CCOCC2)cc(C(F)(F)F)c1. The fourth-order valence-electron chi connectivity index (χ4n) is 2.23. The molecule has 0 atom stereocenters. The van der Waals surface area contributed by atoms with E-state index in [1.807, 2.05) is 0 Å². The number of ether oxygens (including phenoxy) is 1. The van der Waals surface area contributed by atoms with Crippen LogP contribution in [-0.2, 0) is 10.9 Å². The monoisotopic (exact) mass is 259 g/mol. The van der Waals surface area contributed by atoms with Gasteiger partial charge in [0.1, 0.15) is 0 Å². The molecule has 100 valence electrons. The molecule has 1 fully saturated rings. The number of benzene rings is 1. The topological polar surface area (TPSA) is 21.3 Å². The predicted octanol–water partition coefficient (Wildman–Crippen LogP) is 3.64. The minimum atomic E-state index is -4.30. The highest BCUT2D eigenvalue weighted by Gasteiger charge is 2.32. The molecule has 0 amide bonds. The molecule has 5 heteroatoms. The number of nitrogens with one attached hydrogen (secondary N) is 1. The Morgan fingerprint density at radius 3 is 2.39 bits per heavy atom. The fraction of sp³-hybridized carbons (Fsp3) is 0.538. The van der Waals surface area contributed by atoms with Gasteiger partial charge >= 0.3 is 6.18 Å². The van der Waals surface area contributed by atoms with Crippen molar-refractivity contribution in [2.75, 3.05) is 25.6 Å². The van der Waals surface area contributed by atoms with Gasteiger partial charge in [-0.1, -0.05) is 0 Å². The van der Waals surface area contributed by atoms with Crippen LogP contribution in [0.15, 0.2) is 18.2 Å². The molecule has 0 spiro atoms. The number of hydrogen-bond donors (Lipinski definition) is 1. The summed E-state index contributed by atoms with van der Waals surface area (Å²) >= 11 is 0. The number of rotatable bonds is 2. The summed E-state index contributed by atoms with van der Waals surface area (Å²) < 4.78 is 43.6. The van der Waals surface area contributed by atoms with Crippen LogP contribution in [-0.4, -0.2) is 20.3 Å². The van der Waals surface area contributed by atoms with Crippen LogP contribution in [0.3, 0.4) is 0 Å². The fourth-order valence-corrected chi connectivity index (χ4v) is 2.23. The summed E-state index contributed by atoms with van der Waals surface area (Å²) in [6.07, 6.45) is -2.73. The van der Waals surface area contributed by atoms with Gasteiger partial charge in [0.15, 0.2) is 0 Å². The lowest BCUT2D eigenvalue weighted by Gasteiger charge is -2.24. The zero-order chi connectivity index (χ0) is 13.2. The molecule has 1 aromatic carbocycles. The van der Waals surface area contributed by atoms with E-state index in [1.54, 1.807) is 13.1 Å². The molecule has 0 saturated carbocycles. The largest absolute Gasteiger partial charge is 0.416 e. The second kappa shape index (κ2) is 5.18. The molecule has 1 heterocycles. The van der Waals surface area contributed by atoms with Gasteiger partial charge in [0.05, 0.1) is 5.56 Å². The standard InChI is InChI=1S/C13H16F3NO/c1-17-12-7-10(9-2-4-18-5-3-9)6-11(8-12)13(14,15)16/h6-9,17H,2-5H2,1H3. The smallest absolute Gasteiger partial charge is 0.388 e. The lowest BCUT2D eigenvalue weighted by Crippen LogP contribution is -2.15. The average Bonchev–Trinajstić information content (AvgIpc) is 2.38. The van der Waals surface area contributed by atoms with Crippen LogP contribution < -0.4 is 5.32 Å². The molecule has 0 bridgehead atoms. The van der Waals surface area contributed by atoms with E-state index < -0.39 is 11.7 Å². The molecule has 1 aliphatic heterocycles.